The van der Waals surface area contributed by atoms with E-state index in [9.17, 15) is 4.79 Å². The normalized spacial score (nSPS) is 11.9. The van der Waals surface area contributed by atoms with Crippen molar-refractivity contribution in [1.82, 2.24) is 5.32 Å². The first kappa shape index (κ1) is 13.5. The SMILES string of the molecule is Cc1cc(C(NCCN=[N+]=[N-])C(N)=O)c(C)s1. The summed E-state index contributed by atoms with van der Waals surface area (Å²) in [6, 6.07) is 1.43. The van der Waals surface area contributed by atoms with Crippen molar-refractivity contribution in [2.45, 2.75) is 19.9 Å². The van der Waals surface area contributed by atoms with Gasteiger partial charge < -0.3 is 11.1 Å². The first-order valence-electron chi connectivity index (χ1n) is 5.16. The van der Waals surface area contributed by atoms with Crippen molar-refractivity contribution in [2.75, 3.05) is 13.1 Å². The number of carbonyl (C=O) groups is 1. The number of amides is 1. The van der Waals surface area contributed by atoms with Gasteiger partial charge in [-0.3, -0.25) is 4.79 Å². The smallest absolute Gasteiger partial charge is 0.239 e. The van der Waals surface area contributed by atoms with Gasteiger partial charge in [-0.1, -0.05) is 5.11 Å². The molecule has 0 aliphatic rings. The van der Waals surface area contributed by atoms with Crippen LogP contribution in [0.1, 0.15) is 21.4 Å². The molecule has 1 aromatic heterocycles. The molecule has 1 unspecified atom stereocenters. The van der Waals surface area contributed by atoms with Gasteiger partial charge in [0.05, 0.1) is 0 Å². The standard InChI is InChI=1S/C10H15N5OS/c1-6-5-8(7(2)17-6)9(10(11)16)13-3-4-14-15-12/h5,9,13H,3-4H2,1-2H3,(H2,11,16). The number of nitrogens with zero attached hydrogens (tertiary/aromatic N) is 3. The van der Waals surface area contributed by atoms with Crippen LogP contribution in [0.5, 0.6) is 0 Å². The summed E-state index contributed by atoms with van der Waals surface area (Å²) < 4.78 is 0. The molecule has 1 atom stereocenters. The third kappa shape index (κ3) is 3.74. The molecule has 0 radical (unpaired) electrons. The first-order valence-corrected chi connectivity index (χ1v) is 5.98. The van der Waals surface area contributed by atoms with Crippen LogP contribution in [0.2, 0.25) is 0 Å². The molecule has 6 nitrogen and oxygen atoms in total. The highest BCUT2D eigenvalue weighted by Gasteiger charge is 2.20. The van der Waals surface area contributed by atoms with Gasteiger partial charge in [-0.05, 0) is 31.0 Å². The predicted octanol–water partition coefficient (Wildman–Crippen LogP) is 1.79. The van der Waals surface area contributed by atoms with Gasteiger partial charge in [0.25, 0.3) is 0 Å². The van der Waals surface area contributed by atoms with Gasteiger partial charge in [-0.25, -0.2) is 0 Å². The maximum atomic E-state index is 11.4. The van der Waals surface area contributed by atoms with Crippen LogP contribution in [0, 0.1) is 13.8 Å². The second kappa shape index (κ2) is 6.24. The van der Waals surface area contributed by atoms with E-state index < -0.39 is 11.9 Å². The highest BCUT2D eigenvalue weighted by atomic mass is 32.1. The Morgan fingerprint density at radius 1 is 1.71 bits per heavy atom. The first-order chi connectivity index (χ1) is 8.06. The van der Waals surface area contributed by atoms with Gasteiger partial charge >= 0.3 is 0 Å². The van der Waals surface area contributed by atoms with Gasteiger partial charge in [0.1, 0.15) is 6.04 Å². The van der Waals surface area contributed by atoms with Crippen molar-refractivity contribution < 1.29 is 4.79 Å². The quantitative estimate of drug-likeness (QED) is 0.349. The van der Waals surface area contributed by atoms with E-state index in [4.69, 9.17) is 11.3 Å². The summed E-state index contributed by atoms with van der Waals surface area (Å²) in [6.45, 7) is 4.66. The number of thiophene rings is 1. The van der Waals surface area contributed by atoms with Crippen LogP contribution in [-0.2, 0) is 4.79 Å². The molecule has 3 N–H and O–H groups in total. The van der Waals surface area contributed by atoms with E-state index in [1.807, 2.05) is 19.9 Å². The van der Waals surface area contributed by atoms with Gasteiger partial charge in [-0.15, -0.1) is 11.3 Å². The Morgan fingerprint density at radius 2 is 2.41 bits per heavy atom. The topological polar surface area (TPSA) is 104 Å². The molecular weight excluding hydrogens is 238 g/mol. The lowest BCUT2D eigenvalue weighted by Crippen LogP contribution is -2.35. The molecule has 0 aliphatic heterocycles. The van der Waals surface area contributed by atoms with Crippen LogP contribution in [0.25, 0.3) is 10.4 Å². The Balaban J connectivity index is 2.75. The highest BCUT2D eigenvalue weighted by molar-refractivity contribution is 7.12. The third-order valence-electron chi connectivity index (χ3n) is 2.30. The fourth-order valence-corrected chi connectivity index (χ4v) is 2.57. The molecular formula is C10H15N5OS. The predicted molar refractivity (Wildman–Crippen MR) is 67.7 cm³/mol. The molecule has 0 fully saturated rings. The van der Waals surface area contributed by atoms with Crippen LogP contribution in [0.3, 0.4) is 0 Å². The maximum Gasteiger partial charge on any atom is 0.239 e. The van der Waals surface area contributed by atoms with E-state index in [1.165, 1.54) is 0 Å². The summed E-state index contributed by atoms with van der Waals surface area (Å²) in [6.07, 6.45) is 0. The van der Waals surface area contributed by atoms with Crippen LogP contribution in [0.4, 0.5) is 0 Å². The Labute approximate surface area is 103 Å². The van der Waals surface area contributed by atoms with E-state index in [1.54, 1.807) is 11.3 Å². The number of aryl methyl sites for hydroxylation is 2. The molecule has 0 spiro atoms. The molecule has 1 heterocycles. The Kier molecular flexibility index (Phi) is 4.96. The van der Waals surface area contributed by atoms with Crippen LogP contribution in [0.15, 0.2) is 11.2 Å². The fourth-order valence-electron chi connectivity index (χ4n) is 1.60. The zero-order valence-corrected chi connectivity index (χ0v) is 10.6. The number of carbonyl (C=O) groups excluding carboxylic acids is 1. The minimum atomic E-state index is -0.520. The van der Waals surface area contributed by atoms with Gasteiger partial charge in [0, 0.05) is 27.8 Å². The second-order valence-electron chi connectivity index (χ2n) is 3.61. The van der Waals surface area contributed by atoms with E-state index in [2.05, 4.69) is 15.3 Å². The minimum absolute atomic E-state index is 0.294. The van der Waals surface area contributed by atoms with Crippen molar-refractivity contribution in [2.24, 2.45) is 10.8 Å². The van der Waals surface area contributed by atoms with E-state index in [-0.39, 0.29) is 0 Å². The molecule has 0 bridgehead atoms. The third-order valence-corrected chi connectivity index (χ3v) is 3.28. The number of hydrogen-bond acceptors (Lipinski definition) is 4. The average molecular weight is 253 g/mol. The van der Waals surface area contributed by atoms with Gasteiger partial charge in [-0.2, -0.15) is 0 Å². The molecule has 0 aliphatic carbocycles. The molecule has 1 aromatic rings. The van der Waals surface area contributed by atoms with Crippen molar-refractivity contribution in [1.29, 1.82) is 0 Å². The summed E-state index contributed by atoms with van der Waals surface area (Å²) in [5.74, 6) is -0.424. The van der Waals surface area contributed by atoms with Gasteiger partial charge in [0.15, 0.2) is 0 Å². The fraction of sp³-hybridized carbons (Fsp3) is 0.500. The van der Waals surface area contributed by atoms with Crippen LogP contribution in [-0.4, -0.2) is 19.0 Å². The van der Waals surface area contributed by atoms with E-state index in [0.717, 1.165) is 15.3 Å². The number of azide groups is 1. The van der Waals surface area contributed by atoms with Crippen molar-refractivity contribution in [3.05, 3.63) is 31.8 Å². The number of hydrogen-bond donors (Lipinski definition) is 2. The van der Waals surface area contributed by atoms with Crippen LogP contribution < -0.4 is 11.1 Å². The number of primary amides is 1. The molecule has 7 heteroatoms. The van der Waals surface area contributed by atoms with Crippen LogP contribution >= 0.6 is 11.3 Å². The second-order valence-corrected chi connectivity index (χ2v) is 5.07. The Hall–Kier alpha value is -1.56. The summed E-state index contributed by atoms with van der Waals surface area (Å²) in [5, 5.41) is 6.38. The molecule has 92 valence electrons. The monoisotopic (exact) mass is 253 g/mol. The largest absolute Gasteiger partial charge is 0.368 e. The molecule has 0 saturated heterocycles. The maximum absolute atomic E-state index is 11.4. The highest BCUT2D eigenvalue weighted by Crippen LogP contribution is 2.26. The molecule has 1 amide bonds. The van der Waals surface area contributed by atoms with Crippen molar-refractivity contribution in [3.63, 3.8) is 0 Å². The number of nitrogens with two attached hydrogens (primary N) is 1. The van der Waals surface area contributed by atoms with Gasteiger partial charge in [0.2, 0.25) is 5.91 Å². The molecule has 0 aromatic carbocycles. The summed E-state index contributed by atoms with van der Waals surface area (Å²) in [4.78, 5) is 16.2. The molecule has 0 saturated carbocycles. The number of nitrogens with one attached hydrogen (secondary N) is 1. The van der Waals surface area contributed by atoms with Crippen molar-refractivity contribution in [3.8, 4) is 0 Å². The zero-order chi connectivity index (χ0) is 12.8. The zero-order valence-electron chi connectivity index (χ0n) is 9.80. The summed E-state index contributed by atoms with van der Waals surface area (Å²) in [7, 11) is 0. The Morgan fingerprint density at radius 3 is 2.88 bits per heavy atom. The Bertz CT molecular complexity index is 450. The summed E-state index contributed by atoms with van der Waals surface area (Å²) >= 11 is 1.63. The van der Waals surface area contributed by atoms with Crippen molar-refractivity contribution >= 4 is 17.2 Å². The lowest BCUT2D eigenvalue weighted by molar-refractivity contribution is -0.120. The minimum Gasteiger partial charge on any atom is -0.368 e. The lowest BCUT2D eigenvalue weighted by atomic mass is 10.1. The summed E-state index contributed by atoms with van der Waals surface area (Å²) in [5.41, 5.74) is 14.4. The number of rotatable bonds is 6. The van der Waals surface area contributed by atoms with E-state index >= 15 is 0 Å². The molecule has 1 rings (SSSR count). The molecule has 17 heavy (non-hydrogen) atoms. The van der Waals surface area contributed by atoms with E-state index in [0.29, 0.717) is 13.1 Å². The lowest BCUT2D eigenvalue weighted by Gasteiger charge is -2.14. The average Bonchev–Trinajstić information content (AvgIpc) is 2.57.